The molecule has 0 spiro atoms. The van der Waals surface area contributed by atoms with Crippen molar-refractivity contribution in [2.24, 2.45) is 0 Å². The highest BCUT2D eigenvalue weighted by atomic mass is 16.5. The minimum Gasteiger partial charge on any atom is -0.492 e. The number of aryl methyl sites for hydroxylation is 2. The van der Waals surface area contributed by atoms with Gasteiger partial charge >= 0.3 is 0 Å². The Labute approximate surface area is 226 Å². The number of hydrogen-bond donors (Lipinski definition) is 2. The quantitative estimate of drug-likeness (QED) is 0.162. The molecule has 5 rings (SSSR count). The van der Waals surface area contributed by atoms with Crippen molar-refractivity contribution in [2.45, 2.75) is 12.8 Å². The summed E-state index contributed by atoms with van der Waals surface area (Å²) in [6, 6.07) is 32.1. The van der Waals surface area contributed by atoms with E-state index in [1.165, 1.54) is 10.5 Å². The van der Waals surface area contributed by atoms with Crippen LogP contribution in [0.2, 0.25) is 0 Å². The van der Waals surface area contributed by atoms with Crippen molar-refractivity contribution >= 4 is 40.5 Å². The van der Waals surface area contributed by atoms with Gasteiger partial charge in [0, 0.05) is 17.0 Å². The summed E-state index contributed by atoms with van der Waals surface area (Å²) in [5, 5.41) is 3.75. The monoisotopic (exact) mass is 519 g/mol. The number of carbonyl (C=O) groups excluding carboxylic acids is 2. The summed E-state index contributed by atoms with van der Waals surface area (Å²) in [4.78, 5) is 25.9. The number of nitrogens with one attached hydrogen (secondary N) is 1. The predicted molar refractivity (Wildman–Crippen MR) is 154 cm³/mol. The van der Waals surface area contributed by atoms with E-state index in [4.69, 9.17) is 14.9 Å². The van der Waals surface area contributed by atoms with Crippen molar-refractivity contribution in [1.82, 2.24) is 0 Å². The lowest BCUT2D eigenvalue weighted by molar-refractivity contribution is -0.107. The number of para-hydroxylation sites is 3. The van der Waals surface area contributed by atoms with Crippen LogP contribution in [-0.2, 0) is 17.6 Å². The number of nitrogens with zero attached hydrogens (tertiary/aromatic N) is 1. The van der Waals surface area contributed by atoms with Gasteiger partial charge in [0.25, 0.3) is 5.91 Å². The molecule has 0 radical (unpaired) electrons. The minimum absolute atomic E-state index is 0.253. The zero-order valence-corrected chi connectivity index (χ0v) is 21.4. The Kier molecular flexibility index (Phi) is 7.88. The van der Waals surface area contributed by atoms with Crippen molar-refractivity contribution in [1.29, 1.82) is 0 Å². The Morgan fingerprint density at radius 3 is 2.44 bits per heavy atom. The molecule has 0 atom stereocenters. The molecule has 3 N–H and O–H groups in total. The van der Waals surface area contributed by atoms with Gasteiger partial charge in [-0.15, -0.1) is 0 Å². The normalized spacial score (nSPS) is 10.8. The smallest absolute Gasteiger partial charge is 0.255 e. The van der Waals surface area contributed by atoms with Gasteiger partial charge in [-0.2, -0.15) is 0 Å². The molecule has 0 saturated heterocycles. The Morgan fingerprint density at radius 2 is 1.67 bits per heavy atom. The van der Waals surface area contributed by atoms with Gasteiger partial charge in [0.15, 0.2) is 0 Å². The highest BCUT2D eigenvalue weighted by Gasteiger charge is 2.14. The first-order valence-corrected chi connectivity index (χ1v) is 12.8. The van der Waals surface area contributed by atoms with Crippen molar-refractivity contribution < 1.29 is 18.7 Å². The molecule has 0 bridgehead atoms. The number of carbonyl (C=O) groups is 2. The van der Waals surface area contributed by atoms with Gasteiger partial charge in [0.1, 0.15) is 17.9 Å². The summed E-state index contributed by atoms with van der Waals surface area (Å²) in [7, 11) is 0. The van der Waals surface area contributed by atoms with Crippen LogP contribution in [0.4, 0.5) is 17.3 Å². The van der Waals surface area contributed by atoms with Gasteiger partial charge in [0.05, 0.1) is 17.9 Å². The number of furan rings is 1. The molecule has 0 saturated carbocycles. The molecule has 0 fully saturated rings. The van der Waals surface area contributed by atoms with Gasteiger partial charge in [-0.25, -0.2) is 0 Å². The van der Waals surface area contributed by atoms with E-state index in [-0.39, 0.29) is 12.5 Å². The molecule has 0 aliphatic heterocycles. The van der Waals surface area contributed by atoms with Crippen LogP contribution in [0, 0.1) is 0 Å². The average Bonchev–Trinajstić information content (AvgIpc) is 3.41. The number of hydrogen-bond acceptors (Lipinski definition) is 5. The van der Waals surface area contributed by atoms with Crippen LogP contribution in [0.15, 0.2) is 108 Å². The van der Waals surface area contributed by atoms with E-state index in [0.29, 0.717) is 35.1 Å². The van der Waals surface area contributed by atoms with Gasteiger partial charge in [-0.1, -0.05) is 60.7 Å². The number of anilines is 3. The molecule has 0 unspecified atom stereocenters. The fourth-order valence-corrected chi connectivity index (χ4v) is 4.36. The third-order valence-electron chi connectivity index (χ3n) is 6.48. The second kappa shape index (κ2) is 12.0. The third kappa shape index (κ3) is 6.27. The number of rotatable bonds is 11. The lowest BCUT2D eigenvalue weighted by atomic mass is 10.0. The Hall–Kier alpha value is -5.04. The zero-order chi connectivity index (χ0) is 27.0. The predicted octanol–water partition coefficient (Wildman–Crippen LogP) is 6.09. The van der Waals surface area contributed by atoms with E-state index in [1.54, 1.807) is 36.4 Å². The molecular formula is C32H29N3O4. The highest BCUT2D eigenvalue weighted by molar-refractivity contribution is 6.05. The maximum atomic E-state index is 12.5. The van der Waals surface area contributed by atoms with E-state index in [9.17, 15) is 9.59 Å². The van der Waals surface area contributed by atoms with Crippen LogP contribution < -0.4 is 20.7 Å². The molecule has 5 aromatic rings. The van der Waals surface area contributed by atoms with E-state index in [2.05, 4.69) is 23.5 Å². The van der Waals surface area contributed by atoms with Crippen LogP contribution in [-0.4, -0.2) is 25.5 Å². The number of fused-ring (bicyclic) bond motifs is 1. The second-order valence-corrected chi connectivity index (χ2v) is 9.12. The Morgan fingerprint density at radius 1 is 0.897 bits per heavy atom. The lowest BCUT2D eigenvalue weighted by Gasteiger charge is -2.15. The Balaban J connectivity index is 1.18. The SMILES string of the molecule is Nc1ccccc1NC(=O)c1ccc(OCCN(C=O)c2cc3cccc(CCc4ccccc4)c3o2)cc1. The highest BCUT2D eigenvalue weighted by Crippen LogP contribution is 2.29. The van der Waals surface area contributed by atoms with E-state index >= 15 is 0 Å². The summed E-state index contributed by atoms with van der Waals surface area (Å²) in [5.41, 5.74) is 10.6. The van der Waals surface area contributed by atoms with Crippen LogP contribution in [0.1, 0.15) is 21.5 Å². The van der Waals surface area contributed by atoms with Gasteiger partial charge in [-0.3, -0.25) is 14.5 Å². The first kappa shape index (κ1) is 25.6. The summed E-state index contributed by atoms with van der Waals surface area (Å²) in [5.74, 6) is 0.798. The number of nitrogen functional groups attached to an aromatic ring is 1. The molecular weight excluding hydrogens is 490 g/mol. The third-order valence-corrected chi connectivity index (χ3v) is 6.48. The maximum Gasteiger partial charge on any atom is 0.255 e. The van der Waals surface area contributed by atoms with Crippen LogP contribution in [0.25, 0.3) is 11.0 Å². The van der Waals surface area contributed by atoms with E-state index in [0.717, 1.165) is 35.8 Å². The fourth-order valence-electron chi connectivity index (χ4n) is 4.36. The van der Waals surface area contributed by atoms with Crippen LogP contribution in [0.3, 0.4) is 0 Å². The number of ether oxygens (including phenoxy) is 1. The fraction of sp³-hybridized carbons (Fsp3) is 0.125. The molecule has 7 nitrogen and oxygen atoms in total. The standard InChI is InChI=1S/C32H29N3O4/c33-28-11-4-5-12-29(28)34-32(37)25-15-17-27(18-16-25)38-20-19-35(22-36)30-21-26-10-6-9-24(31(26)39-30)14-13-23-7-2-1-3-8-23/h1-12,15-18,21-22H,13-14,19-20,33H2,(H,34,37). The average molecular weight is 520 g/mol. The van der Waals surface area contributed by atoms with Gasteiger partial charge in [0.2, 0.25) is 12.3 Å². The summed E-state index contributed by atoms with van der Waals surface area (Å²) < 4.78 is 12.0. The van der Waals surface area contributed by atoms with Crippen molar-refractivity contribution in [3.05, 3.63) is 120 Å². The molecule has 196 valence electrons. The second-order valence-electron chi connectivity index (χ2n) is 9.12. The first-order valence-electron chi connectivity index (χ1n) is 12.8. The number of amides is 2. The Bertz CT molecular complexity index is 1560. The molecule has 4 aromatic carbocycles. The number of benzene rings is 4. The first-order chi connectivity index (χ1) is 19.1. The van der Waals surface area contributed by atoms with Crippen molar-refractivity contribution in [2.75, 3.05) is 29.1 Å². The van der Waals surface area contributed by atoms with Crippen molar-refractivity contribution in [3.63, 3.8) is 0 Å². The van der Waals surface area contributed by atoms with E-state index in [1.807, 2.05) is 48.5 Å². The van der Waals surface area contributed by atoms with Crippen molar-refractivity contribution in [3.8, 4) is 5.75 Å². The summed E-state index contributed by atoms with van der Waals surface area (Å²) >= 11 is 0. The van der Waals surface area contributed by atoms with Gasteiger partial charge < -0.3 is 20.2 Å². The van der Waals surface area contributed by atoms with E-state index < -0.39 is 0 Å². The van der Waals surface area contributed by atoms with Crippen LogP contribution >= 0.6 is 0 Å². The largest absolute Gasteiger partial charge is 0.492 e. The molecule has 1 aromatic heterocycles. The minimum atomic E-state index is -0.264. The molecule has 1 heterocycles. The summed E-state index contributed by atoms with van der Waals surface area (Å²) in [6.45, 7) is 0.556. The van der Waals surface area contributed by atoms with Gasteiger partial charge in [-0.05, 0) is 60.4 Å². The molecule has 7 heteroatoms. The molecule has 39 heavy (non-hydrogen) atoms. The number of nitrogens with two attached hydrogens (primary N) is 1. The molecule has 0 aliphatic rings. The summed E-state index contributed by atoms with van der Waals surface area (Å²) in [6.07, 6.45) is 2.49. The maximum absolute atomic E-state index is 12.5. The lowest BCUT2D eigenvalue weighted by Crippen LogP contribution is -2.26. The zero-order valence-electron chi connectivity index (χ0n) is 21.4. The van der Waals surface area contributed by atoms with Crippen LogP contribution in [0.5, 0.6) is 5.75 Å². The molecule has 0 aliphatic carbocycles. The topological polar surface area (TPSA) is 97.8 Å². The molecule has 2 amide bonds.